The van der Waals surface area contributed by atoms with Gasteiger partial charge in [-0.25, -0.2) is 9.78 Å². The van der Waals surface area contributed by atoms with E-state index in [-0.39, 0.29) is 12.2 Å². The second-order valence-corrected chi connectivity index (χ2v) is 5.79. The van der Waals surface area contributed by atoms with Gasteiger partial charge >= 0.3 is 5.97 Å². The first-order valence-electron chi connectivity index (χ1n) is 6.88. The molecule has 0 amide bonds. The number of hydrogen-bond donors (Lipinski definition) is 3. The maximum absolute atomic E-state index is 10.8. The van der Waals surface area contributed by atoms with E-state index >= 15 is 0 Å². The number of aliphatic hydroxyl groups is 1. The number of pyridine rings is 1. The van der Waals surface area contributed by atoms with Gasteiger partial charge in [-0.15, -0.1) is 0 Å². The standard InChI is InChI=1S/C16H18N2O3S/c19-7-8-22-11-13-5-6-17-15(9-13)18-10-12-1-3-14(4-2-12)16(20)21/h1-6,9,19H,7-8,10-11H2,(H,17,18)(H,20,21). The number of aromatic carboxylic acids is 1. The van der Waals surface area contributed by atoms with Crippen molar-refractivity contribution in [3.05, 3.63) is 59.3 Å². The van der Waals surface area contributed by atoms with Gasteiger partial charge in [-0.2, -0.15) is 11.8 Å². The first-order valence-corrected chi connectivity index (χ1v) is 8.04. The van der Waals surface area contributed by atoms with E-state index in [1.807, 2.05) is 12.1 Å². The number of hydrogen-bond acceptors (Lipinski definition) is 5. The third kappa shape index (κ3) is 5.05. The summed E-state index contributed by atoms with van der Waals surface area (Å²) in [5.74, 6) is 1.42. The van der Waals surface area contributed by atoms with Gasteiger partial charge in [0.1, 0.15) is 5.82 Å². The molecule has 0 atom stereocenters. The predicted octanol–water partition coefficient (Wildman–Crippen LogP) is 2.62. The highest BCUT2D eigenvalue weighted by Gasteiger charge is 2.02. The van der Waals surface area contributed by atoms with Crippen LogP contribution in [0.25, 0.3) is 0 Å². The molecule has 2 aromatic rings. The normalized spacial score (nSPS) is 10.4. The average Bonchev–Trinajstić information content (AvgIpc) is 2.54. The lowest BCUT2D eigenvalue weighted by molar-refractivity contribution is 0.0697. The number of carboxylic acid groups (broad SMARTS) is 1. The zero-order valence-electron chi connectivity index (χ0n) is 12.0. The fourth-order valence-corrected chi connectivity index (χ4v) is 2.56. The summed E-state index contributed by atoms with van der Waals surface area (Å²) in [6, 6.07) is 10.7. The molecule has 0 aliphatic rings. The van der Waals surface area contributed by atoms with E-state index in [0.717, 1.165) is 28.5 Å². The van der Waals surface area contributed by atoms with Crippen LogP contribution in [-0.2, 0) is 12.3 Å². The van der Waals surface area contributed by atoms with E-state index in [9.17, 15) is 4.79 Å². The fourth-order valence-electron chi connectivity index (χ4n) is 1.87. The molecule has 0 bridgehead atoms. The summed E-state index contributed by atoms with van der Waals surface area (Å²) >= 11 is 1.67. The largest absolute Gasteiger partial charge is 0.478 e. The lowest BCUT2D eigenvalue weighted by atomic mass is 10.1. The van der Waals surface area contributed by atoms with E-state index in [1.54, 1.807) is 42.2 Å². The number of nitrogens with zero attached hydrogens (tertiary/aromatic N) is 1. The Bertz CT molecular complexity index is 617. The summed E-state index contributed by atoms with van der Waals surface area (Å²) in [6.07, 6.45) is 1.75. The Balaban J connectivity index is 1.90. The van der Waals surface area contributed by atoms with E-state index in [0.29, 0.717) is 6.54 Å². The summed E-state index contributed by atoms with van der Waals surface area (Å²) in [5.41, 5.74) is 2.42. The minimum atomic E-state index is -0.922. The minimum Gasteiger partial charge on any atom is -0.478 e. The summed E-state index contributed by atoms with van der Waals surface area (Å²) in [6.45, 7) is 0.771. The first kappa shape index (κ1) is 16.3. The zero-order valence-corrected chi connectivity index (χ0v) is 12.8. The van der Waals surface area contributed by atoms with Crippen molar-refractivity contribution in [2.75, 3.05) is 17.7 Å². The lowest BCUT2D eigenvalue weighted by Gasteiger charge is -2.08. The quantitative estimate of drug-likeness (QED) is 0.649. The van der Waals surface area contributed by atoms with Gasteiger partial charge in [-0.1, -0.05) is 12.1 Å². The van der Waals surface area contributed by atoms with Crippen LogP contribution in [0.3, 0.4) is 0 Å². The Kier molecular flexibility index (Phi) is 6.24. The van der Waals surface area contributed by atoms with Crippen molar-refractivity contribution < 1.29 is 15.0 Å². The third-order valence-electron chi connectivity index (χ3n) is 3.00. The topological polar surface area (TPSA) is 82.5 Å². The fraction of sp³-hybridized carbons (Fsp3) is 0.250. The van der Waals surface area contributed by atoms with Crippen molar-refractivity contribution in [2.45, 2.75) is 12.3 Å². The molecule has 1 aromatic carbocycles. The van der Waals surface area contributed by atoms with E-state index < -0.39 is 5.97 Å². The van der Waals surface area contributed by atoms with E-state index in [2.05, 4.69) is 10.3 Å². The van der Waals surface area contributed by atoms with Gasteiger partial charge in [0.2, 0.25) is 0 Å². The van der Waals surface area contributed by atoms with Gasteiger partial charge < -0.3 is 15.5 Å². The van der Waals surface area contributed by atoms with Crippen molar-refractivity contribution >= 4 is 23.5 Å². The van der Waals surface area contributed by atoms with Gasteiger partial charge in [0.25, 0.3) is 0 Å². The summed E-state index contributed by atoms with van der Waals surface area (Å²) in [7, 11) is 0. The van der Waals surface area contributed by atoms with E-state index in [1.165, 1.54) is 0 Å². The Morgan fingerprint density at radius 2 is 1.95 bits per heavy atom. The lowest BCUT2D eigenvalue weighted by Crippen LogP contribution is -2.03. The number of aromatic nitrogens is 1. The number of rotatable bonds is 8. The second kappa shape index (κ2) is 8.41. The van der Waals surface area contributed by atoms with Gasteiger partial charge in [-0.05, 0) is 35.4 Å². The van der Waals surface area contributed by atoms with Crippen LogP contribution in [0.2, 0.25) is 0 Å². The minimum absolute atomic E-state index is 0.188. The number of thioether (sulfide) groups is 1. The van der Waals surface area contributed by atoms with Crippen LogP contribution in [0.15, 0.2) is 42.6 Å². The molecule has 0 saturated carbocycles. The Hall–Kier alpha value is -2.05. The molecular formula is C16H18N2O3S. The Labute approximate surface area is 133 Å². The molecule has 0 fully saturated rings. The SMILES string of the molecule is O=C(O)c1ccc(CNc2cc(CSCCO)ccn2)cc1. The molecule has 0 saturated heterocycles. The van der Waals surface area contributed by atoms with Crippen LogP contribution < -0.4 is 5.32 Å². The molecular weight excluding hydrogens is 300 g/mol. The van der Waals surface area contributed by atoms with Crippen molar-refractivity contribution in [3.8, 4) is 0 Å². The summed E-state index contributed by atoms with van der Waals surface area (Å²) in [4.78, 5) is 15.1. The first-order chi connectivity index (χ1) is 10.7. The number of nitrogens with one attached hydrogen (secondary N) is 1. The number of carboxylic acids is 1. The predicted molar refractivity (Wildman–Crippen MR) is 88.2 cm³/mol. The van der Waals surface area contributed by atoms with Crippen LogP contribution in [0.1, 0.15) is 21.5 Å². The number of aliphatic hydroxyl groups excluding tert-OH is 1. The van der Waals surface area contributed by atoms with Crippen LogP contribution in [0.4, 0.5) is 5.82 Å². The molecule has 22 heavy (non-hydrogen) atoms. The monoisotopic (exact) mass is 318 g/mol. The third-order valence-corrected chi connectivity index (χ3v) is 4.01. The second-order valence-electron chi connectivity index (χ2n) is 4.68. The van der Waals surface area contributed by atoms with Crippen LogP contribution in [0.5, 0.6) is 0 Å². The van der Waals surface area contributed by atoms with Crippen LogP contribution in [-0.4, -0.2) is 33.5 Å². The van der Waals surface area contributed by atoms with Crippen molar-refractivity contribution in [1.29, 1.82) is 0 Å². The molecule has 0 radical (unpaired) electrons. The summed E-state index contributed by atoms with van der Waals surface area (Å²) in [5, 5.41) is 20.9. The molecule has 1 heterocycles. The van der Waals surface area contributed by atoms with Crippen LogP contribution in [0, 0.1) is 0 Å². The molecule has 5 nitrogen and oxygen atoms in total. The number of benzene rings is 1. The van der Waals surface area contributed by atoms with Gasteiger partial charge in [0.05, 0.1) is 12.2 Å². The molecule has 0 aliphatic heterocycles. The van der Waals surface area contributed by atoms with Gasteiger partial charge in [0.15, 0.2) is 0 Å². The maximum atomic E-state index is 10.8. The Morgan fingerprint density at radius 3 is 2.64 bits per heavy atom. The molecule has 1 aromatic heterocycles. The highest BCUT2D eigenvalue weighted by atomic mass is 32.2. The molecule has 0 unspecified atom stereocenters. The maximum Gasteiger partial charge on any atom is 0.335 e. The van der Waals surface area contributed by atoms with Gasteiger partial charge in [0, 0.05) is 24.2 Å². The molecule has 0 spiro atoms. The van der Waals surface area contributed by atoms with Crippen molar-refractivity contribution in [1.82, 2.24) is 4.98 Å². The molecule has 3 N–H and O–H groups in total. The highest BCUT2D eigenvalue weighted by Crippen LogP contribution is 2.15. The highest BCUT2D eigenvalue weighted by molar-refractivity contribution is 7.98. The zero-order chi connectivity index (χ0) is 15.8. The average molecular weight is 318 g/mol. The Morgan fingerprint density at radius 1 is 1.18 bits per heavy atom. The van der Waals surface area contributed by atoms with Crippen molar-refractivity contribution in [2.24, 2.45) is 0 Å². The molecule has 116 valence electrons. The van der Waals surface area contributed by atoms with Gasteiger partial charge in [-0.3, -0.25) is 0 Å². The van der Waals surface area contributed by atoms with Crippen LogP contribution >= 0.6 is 11.8 Å². The molecule has 6 heteroatoms. The van der Waals surface area contributed by atoms with E-state index in [4.69, 9.17) is 10.2 Å². The summed E-state index contributed by atoms with van der Waals surface area (Å²) < 4.78 is 0. The number of carbonyl (C=O) groups is 1. The van der Waals surface area contributed by atoms with Crippen molar-refractivity contribution in [3.63, 3.8) is 0 Å². The smallest absolute Gasteiger partial charge is 0.335 e. The molecule has 2 rings (SSSR count). The number of anilines is 1. The molecule has 0 aliphatic carbocycles.